The zero-order valence-electron chi connectivity index (χ0n) is 15.2. The number of carbonyl (C=O) groups is 1. The number of amides is 1. The van der Waals surface area contributed by atoms with Crippen LogP contribution in [0.5, 0.6) is 5.75 Å². The van der Waals surface area contributed by atoms with Crippen molar-refractivity contribution in [2.75, 3.05) is 32.1 Å². The van der Waals surface area contributed by atoms with Gasteiger partial charge in [-0.15, -0.1) is 0 Å². The van der Waals surface area contributed by atoms with Crippen LogP contribution < -0.4 is 15.0 Å². The molecule has 0 radical (unpaired) electrons. The van der Waals surface area contributed by atoms with E-state index >= 15 is 0 Å². The number of hydrogen-bond donors (Lipinski definition) is 1. The molecule has 0 fully saturated rings. The van der Waals surface area contributed by atoms with Gasteiger partial charge in [-0.25, -0.2) is 9.97 Å². The van der Waals surface area contributed by atoms with Crippen molar-refractivity contribution in [1.82, 2.24) is 15.3 Å². The molecule has 1 amide bonds. The van der Waals surface area contributed by atoms with Gasteiger partial charge in [-0.1, -0.05) is 31.5 Å². The third kappa shape index (κ3) is 5.45. The minimum absolute atomic E-state index is 0.192. The van der Waals surface area contributed by atoms with Gasteiger partial charge in [0.2, 0.25) is 0 Å². The van der Waals surface area contributed by atoms with Crippen molar-refractivity contribution in [2.45, 2.75) is 26.2 Å². The first-order chi connectivity index (χ1) is 12.2. The van der Waals surface area contributed by atoms with Crippen LogP contribution in [0.1, 0.15) is 35.8 Å². The summed E-state index contributed by atoms with van der Waals surface area (Å²) in [6.07, 6.45) is 4.34. The first kappa shape index (κ1) is 18.7. The summed E-state index contributed by atoms with van der Waals surface area (Å²) in [5, 5.41) is 2.90. The van der Waals surface area contributed by atoms with Gasteiger partial charge in [-0.2, -0.15) is 0 Å². The van der Waals surface area contributed by atoms with Gasteiger partial charge in [0, 0.05) is 26.2 Å². The summed E-state index contributed by atoms with van der Waals surface area (Å²) in [6, 6.07) is 9.53. The molecule has 134 valence electrons. The summed E-state index contributed by atoms with van der Waals surface area (Å²) in [4.78, 5) is 22.7. The highest BCUT2D eigenvalue weighted by atomic mass is 16.5. The molecule has 1 aromatic carbocycles. The van der Waals surface area contributed by atoms with Gasteiger partial charge in [0.25, 0.3) is 5.91 Å². The molecule has 0 atom stereocenters. The van der Waals surface area contributed by atoms with Gasteiger partial charge >= 0.3 is 0 Å². The average molecular weight is 342 g/mol. The summed E-state index contributed by atoms with van der Waals surface area (Å²) < 4.78 is 5.32. The number of hydrogen-bond acceptors (Lipinski definition) is 5. The highest BCUT2D eigenvalue weighted by Gasteiger charge is 2.11. The Morgan fingerprint density at radius 3 is 2.84 bits per heavy atom. The number of nitrogens with one attached hydrogen (secondary N) is 1. The van der Waals surface area contributed by atoms with Gasteiger partial charge in [0.05, 0.1) is 7.11 Å². The van der Waals surface area contributed by atoms with Crippen molar-refractivity contribution in [2.24, 2.45) is 0 Å². The lowest BCUT2D eigenvalue weighted by Crippen LogP contribution is -2.27. The lowest BCUT2D eigenvalue weighted by Gasteiger charge is -2.17. The molecule has 0 spiro atoms. The molecular weight excluding hydrogens is 316 g/mol. The van der Waals surface area contributed by atoms with Crippen molar-refractivity contribution < 1.29 is 9.53 Å². The van der Waals surface area contributed by atoms with Crippen molar-refractivity contribution in [3.8, 4) is 5.75 Å². The summed E-state index contributed by atoms with van der Waals surface area (Å²) in [5.74, 6) is 1.40. The molecule has 1 N–H and O–H groups in total. The Bertz CT molecular complexity index is 691. The Labute approximate surface area is 149 Å². The topological polar surface area (TPSA) is 67.4 Å². The van der Waals surface area contributed by atoms with Crippen LogP contribution in [0.2, 0.25) is 0 Å². The monoisotopic (exact) mass is 342 g/mol. The summed E-state index contributed by atoms with van der Waals surface area (Å²) in [6.45, 7) is 3.57. The minimum atomic E-state index is -0.192. The van der Waals surface area contributed by atoms with Crippen molar-refractivity contribution >= 4 is 11.7 Å². The largest absolute Gasteiger partial charge is 0.496 e. The van der Waals surface area contributed by atoms with Gasteiger partial charge in [-0.05, 0) is 24.5 Å². The normalized spacial score (nSPS) is 10.4. The fourth-order valence-corrected chi connectivity index (χ4v) is 2.50. The molecule has 0 saturated heterocycles. The van der Waals surface area contributed by atoms with Crippen molar-refractivity contribution in [1.29, 1.82) is 0 Å². The van der Waals surface area contributed by atoms with Gasteiger partial charge < -0.3 is 15.0 Å². The molecule has 25 heavy (non-hydrogen) atoms. The number of unbranched alkanes of at least 4 members (excludes halogenated alkanes) is 1. The summed E-state index contributed by atoms with van der Waals surface area (Å²) in [7, 11) is 3.62. The highest BCUT2D eigenvalue weighted by Crippen LogP contribution is 2.17. The maximum absolute atomic E-state index is 12.3. The number of methoxy groups -OCH3 is 1. The van der Waals surface area contributed by atoms with Crippen molar-refractivity contribution in [3.05, 3.63) is 47.9 Å². The quantitative estimate of drug-likeness (QED) is 0.759. The van der Waals surface area contributed by atoms with E-state index in [-0.39, 0.29) is 5.91 Å². The van der Waals surface area contributed by atoms with E-state index in [0.29, 0.717) is 18.7 Å². The molecule has 1 aromatic heterocycles. The highest BCUT2D eigenvalue weighted by molar-refractivity contribution is 5.92. The predicted octanol–water partition coefficient (Wildman–Crippen LogP) is 2.69. The van der Waals surface area contributed by atoms with Crippen molar-refractivity contribution in [3.63, 3.8) is 0 Å². The second-order valence-electron chi connectivity index (χ2n) is 5.85. The molecule has 2 rings (SSSR count). The Morgan fingerprint density at radius 1 is 1.28 bits per heavy atom. The van der Waals surface area contributed by atoms with E-state index in [1.54, 1.807) is 13.2 Å². The molecule has 0 bridgehead atoms. The number of benzene rings is 1. The zero-order chi connectivity index (χ0) is 18.1. The standard InChI is InChI=1S/C19H26N4O2/c1-4-5-12-23(2)18-13-16(21-14-22-18)19(24)20-11-10-15-8-6-7-9-17(15)25-3/h6-9,13-14H,4-5,10-12H2,1-3H3,(H,20,24). The second-order valence-corrected chi connectivity index (χ2v) is 5.85. The number of ether oxygens (including phenoxy) is 1. The third-order valence-corrected chi connectivity index (χ3v) is 4.00. The predicted molar refractivity (Wildman–Crippen MR) is 99.2 cm³/mol. The van der Waals surface area contributed by atoms with E-state index in [1.807, 2.05) is 36.2 Å². The zero-order valence-corrected chi connectivity index (χ0v) is 15.2. The number of para-hydroxylation sites is 1. The van der Waals surface area contributed by atoms with Crippen LogP contribution in [0.15, 0.2) is 36.7 Å². The molecule has 6 heteroatoms. The molecule has 0 unspecified atom stereocenters. The molecule has 0 aliphatic carbocycles. The van der Waals surface area contributed by atoms with Gasteiger partial charge in [0.15, 0.2) is 0 Å². The average Bonchev–Trinajstić information content (AvgIpc) is 2.66. The lowest BCUT2D eigenvalue weighted by molar-refractivity contribution is 0.0949. The molecule has 6 nitrogen and oxygen atoms in total. The second kappa shape index (κ2) is 9.61. The van der Waals surface area contributed by atoms with E-state index in [2.05, 4.69) is 22.2 Å². The van der Waals surface area contributed by atoms with Crippen LogP contribution in [0, 0.1) is 0 Å². The molecule has 2 aromatic rings. The van der Waals surface area contributed by atoms with E-state index in [1.165, 1.54) is 6.33 Å². The molecular formula is C19H26N4O2. The first-order valence-corrected chi connectivity index (χ1v) is 8.59. The van der Waals surface area contributed by atoms with E-state index in [4.69, 9.17) is 4.74 Å². The Morgan fingerprint density at radius 2 is 2.08 bits per heavy atom. The molecule has 1 heterocycles. The number of carbonyl (C=O) groups excluding carboxylic acids is 1. The maximum Gasteiger partial charge on any atom is 0.270 e. The summed E-state index contributed by atoms with van der Waals surface area (Å²) in [5.41, 5.74) is 1.45. The van der Waals surface area contributed by atoms with Gasteiger partial charge in [-0.3, -0.25) is 4.79 Å². The third-order valence-electron chi connectivity index (χ3n) is 4.00. The Kier molecular flexibility index (Phi) is 7.19. The molecule has 0 aliphatic rings. The number of anilines is 1. The molecule has 0 aliphatic heterocycles. The van der Waals surface area contributed by atoms with Crippen LogP contribution in [0.3, 0.4) is 0 Å². The van der Waals surface area contributed by atoms with Crippen LogP contribution in [-0.4, -0.2) is 43.1 Å². The number of rotatable bonds is 9. The number of aromatic nitrogens is 2. The number of nitrogens with zero attached hydrogens (tertiary/aromatic N) is 3. The van der Waals surface area contributed by atoms with Crippen LogP contribution in [-0.2, 0) is 6.42 Å². The maximum atomic E-state index is 12.3. The lowest BCUT2D eigenvalue weighted by atomic mass is 10.1. The fourth-order valence-electron chi connectivity index (χ4n) is 2.50. The van der Waals surface area contributed by atoms with E-state index in [9.17, 15) is 4.79 Å². The Balaban J connectivity index is 1.92. The van der Waals surface area contributed by atoms with Gasteiger partial charge in [0.1, 0.15) is 23.6 Å². The smallest absolute Gasteiger partial charge is 0.270 e. The van der Waals surface area contributed by atoms with Crippen LogP contribution in [0.25, 0.3) is 0 Å². The first-order valence-electron chi connectivity index (χ1n) is 8.59. The SMILES string of the molecule is CCCCN(C)c1cc(C(=O)NCCc2ccccc2OC)ncn1. The van der Waals surface area contributed by atoms with Crippen LogP contribution in [0.4, 0.5) is 5.82 Å². The molecule has 0 saturated carbocycles. The Hall–Kier alpha value is -2.63. The fraction of sp³-hybridized carbons (Fsp3) is 0.421. The van der Waals surface area contributed by atoms with E-state index < -0.39 is 0 Å². The summed E-state index contributed by atoms with van der Waals surface area (Å²) >= 11 is 0. The van der Waals surface area contributed by atoms with Crippen LogP contribution >= 0.6 is 0 Å². The van der Waals surface area contributed by atoms with E-state index in [0.717, 1.165) is 36.5 Å². The minimum Gasteiger partial charge on any atom is -0.496 e.